The molecule has 2 atom stereocenters. The van der Waals surface area contributed by atoms with Crippen molar-refractivity contribution in [2.24, 2.45) is 5.92 Å². The van der Waals surface area contributed by atoms with Gasteiger partial charge in [-0.25, -0.2) is 8.42 Å². The highest BCUT2D eigenvalue weighted by atomic mass is 32.2. The number of ketones is 1. The summed E-state index contributed by atoms with van der Waals surface area (Å²) in [5.74, 6) is 0.340. The van der Waals surface area contributed by atoms with Crippen LogP contribution in [0.1, 0.15) is 65.7 Å². The molecule has 5 nitrogen and oxygen atoms in total. The van der Waals surface area contributed by atoms with Gasteiger partial charge in [-0.3, -0.25) is 4.79 Å². The molecule has 2 aliphatic carbocycles. The molecule has 2 aromatic rings. The summed E-state index contributed by atoms with van der Waals surface area (Å²) in [4.78, 5) is 13.6. The number of carbonyl (C=O) groups excluding carboxylic acids is 1. The molecule has 1 aliphatic heterocycles. The predicted molar refractivity (Wildman–Crippen MR) is 124 cm³/mol. The zero-order chi connectivity index (χ0) is 22.5. The number of carbonyl (C=O) groups is 1. The Morgan fingerprint density at radius 2 is 2.06 bits per heavy atom. The molecule has 1 saturated heterocycles. The number of aliphatic hydroxyl groups is 1. The predicted octanol–water partition coefficient (Wildman–Crippen LogP) is 3.94. The summed E-state index contributed by atoms with van der Waals surface area (Å²) in [6, 6.07) is 7.56. The minimum atomic E-state index is -3.75. The third-order valence-electron chi connectivity index (χ3n) is 7.33. The molecule has 1 unspecified atom stereocenters. The van der Waals surface area contributed by atoms with E-state index >= 15 is 0 Å². The summed E-state index contributed by atoms with van der Waals surface area (Å²) >= 11 is 1.05. The largest absolute Gasteiger partial charge is 0.382 e. The van der Waals surface area contributed by atoms with Crippen LogP contribution in [0.2, 0.25) is 0 Å². The van der Waals surface area contributed by atoms with Gasteiger partial charge in [-0.1, -0.05) is 19.1 Å². The van der Waals surface area contributed by atoms with E-state index in [1.54, 1.807) is 6.07 Å². The number of hydrogen-bond acceptors (Lipinski definition) is 6. The second-order valence-electron chi connectivity index (χ2n) is 9.68. The van der Waals surface area contributed by atoms with E-state index in [0.717, 1.165) is 36.2 Å². The SMILES string of the molecule is C[C@H](c1ccc2c(c1CC(=O)CS(=O)(=O)c1ccc(C3(O)CCOC3)s1)CCC2)C1CC1. The Morgan fingerprint density at radius 1 is 1.25 bits per heavy atom. The number of hydrogen-bond donors (Lipinski definition) is 1. The molecule has 0 amide bonds. The van der Waals surface area contributed by atoms with E-state index in [0.29, 0.717) is 29.7 Å². The van der Waals surface area contributed by atoms with E-state index in [1.165, 1.54) is 35.6 Å². The Hall–Kier alpha value is -1.54. The maximum Gasteiger partial charge on any atom is 0.194 e. The summed E-state index contributed by atoms with van der Waals surface area (Å²) in [6.07, 6.45) is 6.22. The number of thiophene rings is 1. The van der Waals surface area contributed by atoms with E-state index in [1.807, 2.05) is 0 Å². The van der Waals surface area contributed by atoms with Crippen molar-refractivity contribution >= 4 is 27.0 Å². The lowest BCUT2D eigenvalue weighted by Gasteiger charge is -2.19. The van der Waals surface area contributed by atoms with Crippen molar-refractivity contribution in [2.75, 3.05) is 19.0 Å². The standard InChI is InChI=1S/C25H30O5S2/c1-16(17-5-6-17)20-8-7-18-3-2-4-21(18)22(20)13-19(26)14-32(28,29)24-10-9-23(31-24)25(27)11-12-30-15-25/h7-10,16-17,27H,2-6,11-15H2,1H3/t16-,25?/m0/s1. The van der Waals surface area contributed by atoms with Gasteiger partial charge in [0.15, 0.2) is 15.6 Å². The molecule has 3 aliphatic rings. The summed E-state index contributed by atoms with van der Waals surface area (Å²) in [5, 5.41) is 10.7. The van der Waals surface area contributed by atoms with Crippen LogP contribution in [0.3, 0.4) is 0 Å². The summed E-state index contributed by atoms with van der Waals surface area (Å²) in [6.45, 7) is 2.87. The lowest BCUT2D eigenvalue weighted by atomic mass is 9.86. The van der Waals surface area contributed by atoms with E-state index in [2.05, 4.69) is 19.1 Å². The van der Waals surface area contributed by atoms with Gasteiger partial charge in [0.25, 0.3) is 0 Å². The van der Waals surface area contributed by atoms with E-state index < -0.39 is 21.2 Å². The third-order valence-corrected chi connectivity index (χ3v) is 10.9. The average molecular weight is 475 g/mol. The van der Waals surface area contributed by atoms with Crippen molar-refractivity contribution in [1.82, 2.24) is 0 Å². The fourth-order valence-electron chi connectivity index (χ4n) is 5.26. The van der Waals surface area contributed by atoms with Crippen LogP contribution in [0, 0.1) is 5.92 Å². The molecule has 2 fully saturated rings. The first-order chi connectivity index (χ1) is 15.3. The molecule has 1 aromatic carbocycles. The van der Waals surface area contributed by atoms with Gasteiger partial charge in [0.2, 0.25) is 0 Å². The maximum atomic E-state index is 13.0. The van der Waals surface area contributed by atoms with E-state index in [-0.39, 0.29) is 23.0 Å². The number of sulfone groups is 1. The maximum absolute atomic E-state index is 13.0. The third kappa shape index (κ3) is 4.20. The van der Waals surface area contributed by atoms with E-state index in [9.17, 15) is 18.3 Å². The number of fused-ring (bicyclic) bond motifs is 1. The minimum Gasteiger partial charge on any atom is -0.382 e. The molecule has 0 spiro atoms. The lowest BCUT2D eigenvalue weighted by molar-refractivity contribution is -0.116. The monoisotopic (exact) mass is 474 g/mol. The second-order valence-corrected chi connectivity index (χ2v) is 13.0. The summed E-state index contributed by atoms with van der Waals surface area (Å²) < 4.78 is 31.5. The quantitative estimate of drug-likeness (QED) is 0.627. The average Bonchev–Trinajstić information content (AvgIpc) is 3.13. The smallest absolute Gasteiger partial charge is 0.194 e. The fourth-order valence-corrected chi connectivity index (χ4v) is 8.00. The van der Waals surface area contributed by atoms with Crippen molar-refractivity contribution < 1.29 is 23.1 Å². The van der Waals surface area contributed by atoms with Gasteiger partial charge in [-0.2, -0.15) is 0 Å². The molecule has 0 radical (unpaired) electrons. The van der Waals surface area contributed by atoms with Crippen LogP contribution in [0.15, 0.2) is 28.5 Å². The normalized spacial score (nSPS) is 23.9. The van der Waals surface area contributed by atoms with Crippen molar-refractivity contribution in [3.05, 3.63) is 51.4 Å². The van der Waals surface area contributed by atoms with Crippen LogP contribution in [0.4, 0.5) is 0 Å². The molecule has 172 valence electrons. The highest BCUT2D eigenvalue weighted by Gasteiger charge is 2.37. The van der Waals surface area contributed by atoms with Gasteiger partial charge < -0.3 is 9.84 Å². The first kappa shape index (κ1) is 22.3. The zero-order valence-corrected chi connectivity index (χ0v) is 20.1. The summed E-state index contributed by atoms with van der Waals surface area (Å²) in [7, 11) is -3.75. The van der Waals surface area contributed by atoms with Gasteiger partial charge in [-0.15, -0.1) is 11.3 Å². The highest BCUT2D eigenvalue weighted by Crippen LogP contribution is 2.45. The highest BCUT2D eigenvalue weighted by molar-refractivity contribution is 7.94. The minimum absolute atomic E-state index is 0.144. The number of rotatable bonds is 8. The molecule has 5 rings (SSSR count). The zero-order valence-electron chi connectivity index (χ0n) is 18.4. The molecular weight excluding hydrogens is 444 g/mol. The number of Topliss-reactive ketones (excluding diaryl/α,β-unsaturated/α-hetero) is 1. The molecular formula is C25H30O5S2. The number of aryl methyl sites for hydroxylation is 1. The Morgan fingerprint density at radius 3 is 2.78 bits per heavy atom. The van der Waals surface area contributed by atoms with Gasteiger partial charge in [0, 0.05) is 24.3 Å². The van der Waals surface area contributed by atoms with Crippen LogP contribution < -0.4 is 0 Å². The van der Waals surface area contributed by atoms with Crippen LogP contribution in [0.5, 0.6) is 0 Å². The molecule has 2 heterocycles. The Labute approximate surface area is 193 Å². The van der Waals surface area contributed by atoms with Gasteiger partial charge in [0.05, 0.1) is 6.61 Å². The van der Waals surface area contributed by atoms with Crippen LogP contribution >= 0.6 is 11.3 Å². The van der Waals surface area contributed by atoms with Gasteiger partial charge >= 0.3 is 0 Å². The van der Waals surface area contributed by atoms with Crippen LogP contribution in [-0.2, 0) is 44.2 Å². The van der Waals surface area contributed by atoms with Gasteiger partial charge in [-0.05, 0) is 78.3 Å². The first-order valence-corrected chi connectivity index (χ1v) is 14.0. The Balaban J connectivity index is 1.36. The molecule has 0 bridgehead atoms. The van der Waals surface area contributed by atoms with Gasteiger partial charge in [0.1, 0.15) is 15.6 Å². The summed E-state index contributed by atoms with van der Waals surface area (Å²) in [5.41, 5.74) is 3.80. The lowest BCUT2D eigenvalue weighted by Crippen LogP contribution is -2.24. The van der Waals surface area contributed by atoms with Crippen LogP contribution in [0.25, 0.3) is 0 Å². The van der Waals surface area contributed by atoms with Crippen molar-refractivity contribution in [1.29, 1.82) is 0 Å². The van der Waals surface area contributed by atoms with Crippen molar-refractivity contribution in [3.63, 3.8) is 0 Å². The fraction of sp³-hybridized carbons (Fsp3) is 0.560. The Bertz CT molecular complexity index is 1140. The topological polar surface area (TPSA) is 80.7 Å². The van der Waals surface area contributed by atoms with Crippen molar-refractivity contribution in [2.45, 2.75) is 67.6 Å². The van der Waals surface area contributed by atoms with Crippen molar-refractivity contribution in [3.8, 4) is 0 Å². The first-order valence-electron chi connectivity index (χ1n) is 11.6. The van der Waals surface area contributed by atoms with Crippen LogP contribution in [-0.4, -0.2) is 38.3 Å². The molecule has 7 heteroatoms. The second kappa shape index (κ2) is 8.35. The molecule has 1 N–H and O–H groups in total. The molecule has 1 aromatic heterocycles. The van der Waals surface area contributed by atoms with E-state index in [4.69, 9.17) is 4.74 Å². The molecule has 32 heavy (non-hydrogen) atoms. The molecule has 1 saturated carbocycles. The number of ether oxygens (including phenoxy) is 1. The number of benzene rings is 1. The Kier molecular flexibility index (Phi) is 5.81.